The van der Waals surface area contributed by atoms with Crippen LogP contribution in [0.15, 0.2) is 24.3 Å². The van der Waals surface area contributed by atoms with Crippen LogP contribution in [0.1, 0.15) is 30.9 Å². The van der Waals surface area contributed by atoms with Crippen molar-refractivity contribution in [3.05, 3.63) is 35.4 Å². The van der Waals surface area contributed by atoms with Gasteiger partial charge in [-0.1, -0.05) is 29.8 Å². The van der Waals surface area contributed by atoms with Gasteiger partial charge in [0.2, 0.25) is 10.0 Å². The fourth-order valence-corrected chi connectivity index (χ4v) is 3.62. The number of nitrogens with one attached hydrogen (secondary N) is 1. The lowest BCUT2D eigenvalue weighted by Crippen LogP contribution is -2.45. The molecule has 0 saturated carbocycles. The zero-order valence-electron chi connectivity index (χ0n) is 12.3. The Bertz CT molecular complexity index is 517. The lowest BCUT2D eigenvalue weighted by Gasteiger charge is -2.31. The monoisotopic (exact) mass is 296 g/mol. The molecule has 0 aromatic heterocycles. The SMILES string of the molecule is CCS(=O)(=O)N1CCC(NCc2ccc(C)cc2)CC1. The van der Waals surface area contributed by atoms with Crippen molar-refractivity contribution >= 4 is 10.0 Å². The molecule has 1 aliphatic heterocycles. The summed E-state index contributed by atoms with van der Waals surface area (Å²) in [4.78, 5) is 0. The molecule has 5 heteroatoms. The van der Waals surface area contributed by atoms with Gasteiger partial charge in [0.1, 0.15) is 0 Å². The van der Waals surface area contributed by atoms with Crippen LogP contribution in [-0.4, -0.2) is 37.6 Å². The molecule has 0 atom stereocenters. The molecule has 1 fully saturated rings. The fourth-order valence-electron chi connectivity index (χ4n) is 2.49. The van der Waals surface area contributed by atoms with Crippen molar-refractivity contribution < 1.29 is 8.42 Å². The maximum Gasteiger partial charge on any atom is 0.213 e. The summed E-state index contributed by atoms with van der Waals surface area (Å²) < 4.78 is 25.2. The molecular weight excluding hydrogens is 272 g/mol. The molecule has 0 radical (unpaired) electrons. The number of nitrogens with zero attached hydrogens (tertiary/aromatic N) is 1. The summed E-state index contributed by atoms with van der Waals surface area (Å²) in [5.41, 5.74) is 2.55. The van der Waals surface area contributed by atoms with Gasteiger partial charge in [0, 0.05) is 25.7 Å². The van der Waals surface area contributed by atoms with E-state index in [4.69, 9.17) is 0 Å². The summed E-state index contributed by atoms with van der Waals surface area (Å²) in [5.74, 6) is 0.203. The van der Waals surface area contributed by atoms with E-state index in [1.807, 2.05) is 0 Å². The highest BCUT2D eigenvalue weighted by Gasteiger charge is 2.26. The van der Waals surface area contributed by atoms with Gasteiger partial charge >= 0.3 is 0 Å². The molecule has 1 aromatic carbocycles. The smallest absolute Gasteiger partial charge is 0.213 e. The number of hydrogen-bond acceptors (Lipinski definition) is 3. The lowest BCUT2D eigenvalue weighted by atomic mass is 10.1. The van der Waals surface area contributed by atoms with Crippen LogP contribution in [0, 0.1) is 6.92 Å². The molecule has 4 nitrogen and oxygen atoms in total. The Kier molecular flexibility index (Phi) is 5.18. The molecule has 1 N–H and O–H groups in total. The molecule has 0 unspecified atom stereocenters. The maximum atomic E-state index is 11.8. The molecule has 112 valence electrons. The summed E-state index contributed by atoms with van der Waals surface area (Å²) in [7, 11) is -3.01. The predicted molar refractivity (Wildman–Crippen MR) is 82.1 cm³/mol. The van der Waals surface area contributed by atoms with Gasteiger partial charge in [0.15, 0.2) is 0 Å². The Morgan fingerprint density at radius 1 is 1.20 bits per heavy atom. The van der Waals surface area contributed by atoms with E-state index in [0.717, 1.165) is 19.4 Å². The molecule has 0 aliphatic carbocycles. The second-order valence-corrected chi connectivity index (χ2v) is 7.70. The molecule has 0 bridgehead atoms. The third kappa shape index (κ3) is 4.04. The first-order chi connectivity index (χ1) is 9.51. The van der Waals surface area contributed by atoms with Gasteiger partial charge in [0.25, 0.3) is 0 Å². The largest absolute Gasteiger partial charge is 0.310 e. The average molecular weight is 296 g/mol. The van der Waals surface area contributed by atoms with Crippen molar-refractivity contribution in [1.82, 2.24) is 9.62 Å². The minimum atomic E-state index is -3.01. The van der Waals surface area contributed by atoms with Crippen LogP contribution in [-0.2, 0) is 16.6 Å². The van der Waals surface area contributed by atoms with Crippen LogP contribution in [0.5, 0.6) is 0 Å². The first-order valence-electron chi connectivity index (χ1n) is 7.28. The molecule has 1 aliphatic rings. The maximum absolute atomic E-state index is 11.8. The van der Waals surface area contributed by atoms with Gasteiger partial charge in [-0.3, -0.25) is 0 Å². The van der Waals surface area contributed by atoms with Gasteiger partial charge in [-0.05, 0) is 32.3 Å². The van der Waals surface area contributed by atoms with Crippen molar-refractivity contribution in [3.63, 3.8) is 0 Å². The van der Waals surface area contributed by atoms with E-state index >= 15 is 0 Å². The first kappa shape index (κ1) is 15.5. The van der Waals surface area contributed by atoms with Crippen LogP contribution in [0.4, 0.5) is 0 Å². The number of sulfonamides is 1. The number of benzene rings is 1. The number of aryl methyl sites for hydroxylation is 1. The van der Waals surface area contributed by atoms with Crippen LogP contribution in [0.25, 0.3) is 0 Å². The summed E-state index contributed by atoms with van der Waals surface area (Å²) in [6.07, 6.45) is 1.79. The van der Waals surface area contributed by atoms with Gasteiger partial charge in [-0.2, -0.15) is 0 Å². The zero-order chi connectivity index (χ0) is 14.6. The van der Waals surface area contributed by atoms with Gasteiger partial charge in [-0.15, -0.1) is 0 Å². The van der Waals surface area contributed by atoms with E-state index < -0.39 is 10.0 Å². The standard InChI is InChI=1S/C15H24N2O2S/c1-3-20(18,19)17-10-8-15(9-11-17)16-12-14-6-4-13(2)5-7-14/h4-7,15-16H,3,8-12H2,1-2H3. The minimum absolute atomic E-state index is 0.203. The Labute approximate surface area is 122 Å². The predicted octanol–water partition coefficient (Wildman–Crippen LogP) is 1.90. The van der Waals surface area contributed by atoms with Gasteiger partial charge in [-0.25, -0.2) is 12.7 Å². The van der Waals surface area contributed by atoms with Crippen molar-refractivity contribution in [2.24, 2.45) is 0 Å². The van der Waals surface area contributed by atoms with E-state index in [1.165, 1.54) is 11.1 Å². The summed E-state index contributed by atoms with van der Waals surface area (Å²) in [5, 5.41) is 3.53. The Morgan fingerprint density at radius 3 is 2.35 bits per heavy atom. The molecular formula is C15H24N2O2S. The average Bonchev–Trinajstić information content (AvgIpc) is 2.47. The topological polar surface area (TPSA) is 49.4 Å². The minimum Gasteiger partial charge on any atom is -0.310 e. The number of rotatable bonds is 5. The highest BCUT2D eigenvalue weighted by Crippen LogP contribution is 2.15. The molecule has 20 heavy (non-hydrogen) atoms. The second-order valence-electron chi connectivity index (χ2n) is 5.44. The lowest BCUT2D eigenvalue weighted by molar-refractivity contribution is 0.289. The van der Waals surface area contributed by atoms with E-state index in [9.17, 15) is 8.42 Å². The zero-order valence-corrected chi connectivity index (χ0v) is 13.1. The number of hydrogen-bond donors (Lipinski definition) is 1. The fraction of sp³-hybridized carbons (Fsp3) is 0.600. The second kappa shape index (κ2) is 6.70. The van der Waals surface area contributed by atoms with Crippen LogP contribution < -0.4 is 5.32 Å². The van der Waals surface area contributed by atoms with Crippen LogP contribution >= 0.6 is 0 Å². The van der Waals surface area contributed by atoms with Crippen LogP contribution in [0.3, 0.4) is 0 Å². The Morgan fingerprint density at radius 2 is 1.80 bits per heavy atom. The summed E-state index contributed by atoms with van der Waals surface area (Å²) in [6, 6.07) is 8.93. The van der Waals surface area contributed by atoms with Gasteiger partial charge in [0.05, 0.1) is 5.75 Å². The summed E-state index contributed by atoms with van der Waals surface area (Å²) in [6.45, 7) is 5.92. The van der Waals surface area contributed by atoms with Crippen molar-refractivity contribution in [1.29, 1.82) is 0 Å². The normalized spacial score (nSPS) is 18.3. The molecule has 2 rings (SSSR count). The van der Waals surface area contributed by atoms with E-state index in [2.05, 4.69) is 36.5 Å². The highest BCUT2D eigenvalue weighted by atomic mass is 32.2. The van der Waals surface area contributed by atoms with Gasteiger partial charge < -0.3 is 5.32 Å². The molecule has 0 amide bonds. The van der Waals surface area contributed by atoms with E-state index in [-0.39, 0.29) is 5.75 Å². The van der Waals surface area contributed by atoms with Crippen molar-refractivity contribution in [3.8, 4) is 0 Å². The molecule has 1 heterocycles. The third-order valence-corrected chi connectivity index (χ3v) is 5.81. The van der Waals surface area contributed by atoms with Crippen molar-refractivity contribution in [2.45, 2.75) is 39.3 Å². The van der Waals surface area contributed by atoms with E-state index in [1.54, 1.807) is 11.2 Å². The van der Waals surface area contributed by atoms with E-state index in [0.29, 0.717) is 19.1 Å². The first-order valence-corrected chi connectivity index (χ1v) is 8.89. The Hall–Kier alpha value is -0.910. The number of piperidine rings is 1. The third-order valence-electron chi connectivity index (χ3n) is 3.93. The molecule has 0 spiro atoms. The van der Waals surface area contributed by atoms with Crippen molar-refractivity contribution in [2.75, 3.05) is 18.8 Å². The highest BCUT2D eigenvalue weighted by molar-refractivity contribution is 7.89. The molecule has 1 saturated heterocycles. The van der Waals surface area contributed by atoms with Crippen LogP contribution in [0.2, 0.25) is 0 Å². The molecule has 1 aromatic rings. The Balaban J connectivity index is 1.79. The summed E-state index contributed by atoms with van der Waals surface area (Å²) >= 11 is 0. The quantitative estimate of drug-likeness (QED) is 0.903.